The molecule has 1 fully saturated rings. The Balaban J connectivity index is 1.21. The standard InChI is InChI=1S/C20H21N9OS/c1-14-10-17(29-19(25-14)21-13-24-29)27-6-8-28(9-7-27)18(30)16-4-2-15(3-5-16)11-31-20-22-12-23-26-20/h2-5,10,12-13H,6-9,11H2,1H3,(H,22,23,26). The molecule has 0 aliphatic carbocycles. The van der Waals surface area contributed by atoms with Crippen LogP contribution in [0.25, 0.3) is 5.78 Å². The maximum atomic E-state index is 13.0. The highest BCUT2D eigenvalue weighted by Crippen LogP contribution is 2.21. The number of amides is 1. The molecule has 5 rings (SSSR count). The molecule has 10 nitrogen and oxygen atoms in total. The van der Waals surface area contributed by atoms with Crippen molar-refractivity contribution in [1.29, 1.82) is 0 Å². The monoisotopic (exact) mass is 435 g/mol. The molecular weight excluding hydrogens is 414 g/mol. The first kappa shape index (κ1) is 19.5. The largest absolute Gasteiger partial charge is 0.353 e. The average molecular weight is 436 g/mol. The normalized spacial score (nSPS) is 14.4. The highest BCUT2D eigenvalue weighted by Gasteiger charge is 2.24. The van der Waals surface area contributed by atoms with Crippen LogP contribution in [0.1, 0.15) is 21.6 Å². The van der Waals surface area contributed by atoms with E-state index in [4.69, 9.17) is 0 Å². The van der Waals surface area contributed by atoms with E-state index in [1.54, 1.807) is 16.3 Å². The van der Waals surface area contributed by atoms with Crippen molar-refractivity contribution < 1.29 is 4.79 Å². The highest BCUT2D eigenvalue weighted by molar-refractivity contribution is 7.98. The SMILES string of the molecule is Cc1cc(N2CCN(C(=O)c3ccc(CSc4ncn[nH]4)cc3)CC2)n2ncnc2n1. The lowest BCUT2D eigenvalue weighted by molar-refractivity contribution is 0.0746. The molecule has 3 aromatic heterocycles. The van der Waals surface area contributed by atoms with Crippen molar-refractivity contribution in [1.82, 2.24) is 39.7 Å². The van der Waals surface area contributed by atoms with Crippen LogP contribution in [0.5, 0.6) is 0 Å². The van der Waals surface area contributed by atoms with Gasteiger partial charge in [-0.15, -0.1) is 0 Å². The molecule has 1 N–H and O–H groups in total. The van der Waals surface area contributed by atoms with Gasteiger partial charge in [-0.2, -0.15) is 19.7 Å². The molecule has 4 aromatic rings. The Labute approximate surface area is 182 Å². The molecule has 1 aliphatic heterocycles. The first-order valence-corrected chi connectivity index (χ1v) is 10.9. The number of anilines is 1. The summed E-state index contributed by atoms with van der Waals surface area (Å²) in [7, 11) is 0. The highest BCUT2D eigenvalue weighted by atomic mass is 32.2. The molecule has 0 spiro atoms. The lowest BCUT2D eigenvalue weighted by Crippen LogP contribution is -2.49. The summed E-state index contributed by atoms with van der Waals surface area (Å²) in [5, 5.41) is 11.7. The van der Waals surface area contributed by atoms with Crippen molar-refractivity contribution in [3.05, 3.63) is 59.8 Å². The van der Waals surface area contributed by atoms with Gasteiger partial charge in [0.2, 0.25) is 0 Å². The van der Waals surface area contributed by atoms with Crippen molar-refractivity contribution in [3.63, 3.8) is 0 Å². The van der Waals surface area contributed by atoms with Gasteiger partial charge in [0, 0.05) is 49.3 Å². The Morgan fingerprint density at radius 1 is 1.10 bits per heavy atom. The van der Waals surface area contributed by atoms with Gasteiger partial charge in [-0.1, -0.05) is 23.9 Å². The van der Waals surface area contributed by atoms with Crippen LogP contribution >= 0.6 is 11.8 Å². The molecule has 0 saturated carbocycles. The van der Waals surface area contributed by atoms with Crippen LogP contribution in [-0.4, -0.2) is 71.7 Å². The molecule has 1 aromatic carbocycles. The second-order valence-electron chi connectivity index (χ2n) is 7.28. The molecule has 0 radical (unpaired) electrons. The number of aryl methyl sites for hydroxylation is 1. The van der Waals surface area contributed by atoms with Crippen molar-refractivity contribution in [2.75, 3.05) is 31.1 Å². The number of thioether (sulfide) groups is 1. The van der Waals surface area contributed by atoms with Crippen molar-refractivity contribution >= 4 is 29.3 Å². The smallest absolute Gasteiger partial charge is 0.254 e. The molecular formula is C20H21N9OS. The fourth-order valence-corrected chi connectivity index (χ4v) is 4.35. The summed E-state index contributed by atoms with van der Waals surface area (Å²) in [6.07, 6.45) is 3.01. The minimum Gasteiger partial charge on any atom is -0.353 e. The van der Waals surface area contributed by atoms with Crippen LogP contribution in [-0.2, 0) is 5.75 Å². The van der Waals surface area contributed by atoms with Crippen LogP contribution in [0.2, 0.25) is 0 Å². The Morgan fingerprint density at radius 3 is 2.65 bits per heavy atom. The molecule has 1 saturated heterocycles. The Bertz CT molecular complexity index is 1180. The van der Waals surface area contributed by atoms with E-state index in [1.807, 2.05) is 42.2 Å². The Kier molecular flexibility index (Phi) is 5.24. The summed E-state index contributed by atoms with van der Waals surface area (Å²) in [5.41, 5.74) is 2.74. The number of fused-ring (bicyclic) bond motifs is 1. The van der Waals surface area contributed by atoms with Gasteiger partial charge in [-0.3, -0.25) is 9.89 Å². The first-order chi connectivity index (χ1) is 15.2. The third-order valence-corrected chi connectivity index (χ3v) is 6.17. The number of H-pyrrole nitrogens is 1. The first-order valence-electron chi connectivity index (χ1n) is 9.96. The van der Waals surface area contributed by atoms with Gasteiger partial charge < -0.3 is 9.80 Å². The zero-order chi connectivity index (χ0) is 21.2. The summed E-state index contributed by atoms with van der Waals surface area (Å²) < 4.78 is 1.75. The number of aromatic amines is 1. The minimum absolute atomic E-state index is 0.0610. The van der Waals surface area contributed by atoms with Gasteiger partial charge in [0.15, 0.2) is 5.16 Å². The number of piperazine rings is 1. The van der Waals surface area contributed by atoms with Crippen molar-refractivity contribution in [3.8, 4) is 0 Å². The molecule has 1 amide bonds. The number of hydrogen-bond donors (Lipinski definition) is 1. The zero-order valence-electron chi connectivity index (χ0n) is 17.0. The number of carbonyl (C=O) groups is 1. The van der Waals surface area contributed by atoms with E-state index in [9.17, 15) is 4.79 Å². The van der Waals surface area contributed by atoms with Gasteiger partial charge in [-0.25, -0.2) is 9.97 Å². The zero-order valence-corrected chi connectivity index (χ0v) is 17.8. The molecule has 11 heteroatoms. The molecule has 1 aliphatic rings. The summed E-state index contributed by atoms with van der Waals surface area (Å²) in [6.45, 7) is 4.72. The number of carbonyl (C=O) groups excluding carboxylic acids is 1. The predicted octanol–water partition coefficient (Wildman–Crippen LogP) is 1.81. The van der Waals surface area contributed by atoms with E-state index >= 15 is 0 Å². The Hall–Kier alpha value is -3.47. The van der Waals surface area contributed by atoms with Gasteiger partial charge >= 0.3 is 0 Å². The van der Waals surface area contributed by atoms with Gasteiger partial charge in [0.1, 0.15) is 18.5 Å². The number of rotatable bonds is 5. The fraction of sp³-hybridized carbons (Fsp3) is 0.300. The second kappa shape index (κ2) is 8.34. The maximum Gasteiger partial charge on any atom is 0.254 e. The minimum atomic E-state index is 0.0610. The van der Waals surface area contributed by atoms with E-state index < -0.39 is 0 Å². The third kappa shape index (κ3) is 4.08. The van der Waals surface area contributed by atoms with E-state index in [1.165, 1.54) is 12.7 Å². The molecule has 0 atom stereocenters. The molecule has 0 unspecified atom stereocenters. The van der Waals surface area contributed by atoms with Gasteiger partial charge in [-0.05, 0) is 24.6 Å². The molecule has 31 heavy (non-hydrogen) atoms. The quantitative estimate of drug-likeness (QED) is 0.473. The number of hydrogen-bond acceptors (Lipinski definition) is 8. The second-order valence-corrected chi connectivity index (χ2v) is 8.25. The van der Waals surface area contributed by atoms with Crippen molar-refractivity contribution in [2.45, 2.75) is 17.8 Å². The van der Waals surface area contributed by atoms with Crippen LogP contribution in [0.3, 0.4) is 0 Å². The lowest BCUT2D eigenvalue weighted by atomic mass is 10.1. The number of benzene rings is 1. The summed E-state index contributed by atoms with van der Waals surface area (Å²) in [5.74, 6) is 2.38. The van der Waals surface area contributed by atoms with E-state index in [0.29, 0.717) is 24.4 Å². The van der Waals surface area contributed by atoms with Gasteiger partial charge in [0.25, 0.3) is 11.7 Å². The average Bonchev–Trinajstić information content (AvgIpc) is 3.49. The summed E-state index contributed by atoms with van der Waals surface area (Å²) >= 11 is 1.58. The number of aromatic nitrogens is 7. The van der Waals surface area contributed by atoms with Crippen LogP contribution in [0.4, 0.5) is 5.82 Å². The van der Waals surface area contributed by atoms with E-state index in [-0.39, 0.29) is 5.91 Å². The topological polar surface area (TPSA) is 108 Å². The Morgan fingerprint density at radius 2 is 1.90 bits per heavy atom. The maximum absolute atomic E-state index is 13.0. The van der Waals surface area contributed by atoms with Crippen LogP contribution in [0, 0.1) is 6.92 Å². The third-order valence-electron chi connectivity index (χ3n) is 5.22. The number of nitrogens with zero attached hydrogens (tertiary/aromatic N) is 8. The fourth-order valence-electron chi connectivity index (χ4n) is 3.62. The van der Waals surface area contributed by atoms with Crippen LogP contribution in [0.15, 0.2) is 48.1 Å². The lowest BCUT2D eigenvalue weighted by Gasteiger charge is -2.36. The van der Waals surface area contributed by atoms with E-state index in [2.05, 4.69) is 35.1 Å². The number of nitrogens with one attached hydrogen (secondary N) is 1. The molecule has 4 heterocycles. The van der Waals surface area contributed by atoms with Gasteiger partial charge in [0.05, 0.1) is 0 Å². The summed E-state index contributed by atoms with van der Waals surface area (Å²) in [6, 6.07) is 9.79. The molecule has 0 bridgehead atoms. The van der Waals surface area contributed by atoms with Crippen LogP contribution < -0.4 is 4.90 Å². The van der Waals surface area contributed by atoms with Crippen molar-refractivity contribution in [2.24, 2.45) is 0 Å². The summed E-state index contributed by atoms with van der Waals surface area (Å²) in [4.78, 5) is 29.8. The van der Waals surface area contributed by atoms with E-state index in [0.717, 1.165) is 41.1 Å². The molecule has 158 valence electrons. The predicted molar refractivity (Wildman–Crippen MR) is 116 cm³/mol.